The van der Waals surface area contributed by atoms with Crippen LogP contribution in [0.5, 0.6) is 0 Å². The maximum atomic E-state index is 12.6. The maximum Gasteiger partial charge on any atom is 0.416 e. The average Bonchev–Trinajstić information content (AvgIpc) is 2.71. The molecule has 0 aliphatic rings. The molecule has 0 aliphatic heterocycles. The molecule has 2 aromatic carbocycles. The van der Waals surface area contributed by atoms with Gasteiger partial charge in [0, 0.05) is 17.1 Å². The third kappa shape index (κ3) is 5.44. The smallest absolute Gasteiger partial charge is 0.416 e. The molecule has 3 aromatic rings. The van der Waals surface area contributed by atoms with Crippen molar-refractivity contribution in [2.45, 2.75) is 19.2 Å². The minimum absolute atomic E-state index is 0.159. The van der Waals surface area contributed by atoms with Crippen molar-refractivity contribution < 1.29 is 27.5 Å². The summed E-state index contributed by atoms with van der Waals surface area (Å²) in [5.41, 5.74) is 0.657. The molecule has 30 heavy (non-hydrogen) atoms. The predicted molar refractivity (Wildman–Crippen MR) is 106 cm³/mol. The molecular formula is C22H17F3N2O3. The van der Waals surface area contributed by atoms with E-state index in [0.29, 0.717) is 5.69 Å². The molecular weight excluding hydrogens is 397 g/mol. The summed E-state index contributed by atoms with van der Waals surface area (Å²) >= 11 is 0. The highest BCUT2D eigenvalue weighted by Gasteiger charge is 2.30. The van der Waals surface area contributed by atoms with E-state index in [0.717, 1.165) is 41.2 Å². The molecule has 1 N–H and O–H groups in total. The van der Waals surface area contributed by atoms with Crippen molar-refractivity contribution in [1.82, 2.24) is 4.98 Å². The minimum atomic E-state index is -4.46. The number of para-hydroxylation sites is 1. The van der Waals surface area contributed by atoms with E-state index >= 15 is 0 Å². The first-order valence-electron chi connectivity index (χ1n) is 8.95. The second kappa shape index (κ2) is 8.77. The van der Waals surface area contributed by atoms with Crippen molar-refractivity contribution >= 4 is 34.5 Å². The highest BCUT2D eigenvalue weighted by atomic mass is 19.4. The van der Waals surface area contributed by atoms with Crippen molar-refractivity contribution in [3.63, 3.8) is 0 Å². The van der Waals surface area contributed by atoms with Gasteiger partial charge in [0.25, 0.3) is 5.91 Å². The maximum absolute atomic E-state index is 12.6. The van der Waals surface area contributed by atoms with Gasteiger partial charge < -0.3 is 10.1 Å². The van der Waals surface area contributed by atoms with E-state index in [1.165, 1.54) is 13.0 Å². The number of nitrogens with one attached hydrogen (secondary N) is 1. The molecule has 154 valence electrons. The summed E-state index contributed by atoms with van der Waals surface area (Å²) in [6, 6.07) is 15.1. The highest BCUT2D eigenvalue weighted by molar-refractivity contribution is 5.96. The Morgan fingerprint density at radius 2 is 1.73 bits per heavy atom. The first kappa shape index (κ1) is 21.0. The number of alkyl halides is 3. The van der Waals surface area contributed by atoms with Crippen LogP contribution in [0, 0.1) is 0 Å². The van der Waals surface area contributed by atoms with Gasteiger partial charge in [-0.05, 0) is 49.4 Å². The van der Waals surface area contributed by atoms with E-state index < -0.39 is 29.7 Å². The Morgan fingerprint density at radius 3 is 2.43 bits per heavy atom. The van der Waals surface area contributed by atoms with Crippen LogP contribution in [-0.4, -0.2) is 23.0 Å². The lowest BCUT2D eigenvalue weighted by atomic mass is 10.2. The second-order valence-corrected chi connectivity index (χ2v) is 6.41. The van der Waals surface area contributed by atoms with Gasteiger partial charge in [0.2, 0.25) is 0 Å². The van der Waals surface area contributed by atoms with Gasteiger partial charge in [-0.1, -0.05) is 24.3 Å². The van der Waals surface area contributed by atoms with E-state index in [-0.39, 0.29) is 5.69 Å². The van der Waals surface area contributed by atoms with Crippen molar-refractivity contribution in [2.24, 2.45) is 0 Å². The number of nitrogens with zero attached hydrogens (tertiary/aromatic N) is 1. The summed E-state index contributed by atoms with van der Waals surface area (Å²) in [4.78, 5) is 28.5. The van der Waals surface area contributed by atoms with Gasteiger partial charge in [0.1, 0.15) is 0 Å². The van der Waals surface area contributed by atoms with Crippen LogP contribution in [0.1, 0.15) is 18.2 Å². The fourth-order valence-corrected chi connectivity index (χ4v) is 2.58. The van der Waals surface area contributed by atoms with Crippen LogP contribution < -0.4 is 5.32 Å². The molecule has 0 radical (unpaired) electrons. The number of rotatable bonds is 5. The van der Waals surface area contributed by atoms with Gasteiger partial charge >= 0.3 is 12.1 Å². The lowest BCUT2D eigenvalue weighted by Gasteiger charge is -2.13. The quantitative estimate of drug-likeness (QED) is 0.479. The number of fused-ring (bicyclic) bond motifs is 1. The van der Waals surface area contributed by atoms with Gasteiger partial charge in [-0.2, -0.15) is 13.2 Å². The van der Waals surface area contributed by atoms with Crippen molar-refractivity contribution in [1.29, 1.82) is 0 Å². The number of carbonyl (C=O) groups is 2. The van der Waals surface area contributed by atoms with Gasteiger partial charge in [-0.3, -0.25) is 4.79 Å². The number of ether oxygens (including phenoxy) is 1. The van der Waals surface area contributed by atoms with Crippen LogP contribution in [0.2, 0.25) is 0 Å². The van der Waals surface area contributed by atoms with Crippen molar-refractivity contribution in [3.05, 3.63) is 78.0 Å². The Bertz CT molecular complexity index is 1090. The highest BCUT2D eigenvalue weighted by Crippen LogP contribution is 2.29. The standard InChI is InChI=1S/C22H17F3N2O3/c1-14(21(29)27-18-10-7-16(8-11-18)22(23,24)25)30-20(28)13-12-17-9-6-15-4-2-3-5-19(15)26-17/h2-14H,1H3,(H,27,29). The summed E-state index contributed by atoms with van der Waals surface area (Å²) in [6.07, 6.45) is -2.99. The minimum Gasteiger partial charge on any atom is -0.449 e. The number of hydrogen-bond acceptors (Lipinski definition) is 4. The number of halogens is 3. The predicted octanol–water partition coefficient (Wildman–Crippen LogP) is 4.84. The lowest BCUT2D eigenvalue weighted by molar-refractivity contribution is -0.148. The van der Waals surface area contributed by atoms with E-state index in [4.69, 9.17) is 4.74 Å². The van der Waals surface area contributed by atoms with Gasteiger partial charge in [0.15, 0.2) is 6.10 Å². The lowest BCUT2D eigenvalue weighted by Crippen LogP contribution is -2.29. The van der Waals surface area contributed by atoms with Crippen LogP contribution >= 0.6 is 0 Å². The fraction of sp³-hybridized carbons (Fsp3) is 0.136. The zero-order valence-electron chi connectivity index (χ0n) is 15.8. The molecule has 8 heteroatoms. The first-order chi connectivity index (χ1) is 14.2. The van der Waals surface area contributed by atoms with E-state index in [1.807, 2.05) is 30.3 Å². The molecule has 0 saturated heterocycles. The topological polar surface area (TPSA) is 68.3 Å². The summed E-state index contributed by atoms with van der Waals surface area (Å²) in [5.74, 6) is -1.42. The molecule has 1 aromatic heterocycles. The largest absolute Gasteiger partial charge is 0.449 e. The number of aromatic nitrogens is 1. The second-order valence-electron chi connectivity index (χ2n) is 6.41. The molecule has 3 rings (SSSR count). The molecule has 0 saturated carbocycles. The zero-order valence-corrected chi connectivity index (χ0v) is 15.8. The first-order valence-corrected chi connectivity index (χ1v) is 8.95. The number of anilines is 1. The molecule has 1 unspecified atom stereocenters. The van der Waals surface area contributed by atoms with Gasteiger partial charge in [-0.25, -0.2) is 9.78 Å². The third-order valence-corrected chi connectivity index (χ3v) is 4.15. The number of amides is 1. The molecule has 1 atom stereocenters. The molecule has 1 amide bonds. The van der Waals surface area contributed by atoms with E-state index in [9.17, 15) is 22.8 Å². The third-order valence-electron chi connectivity index (χ3n) is 4.15. The summed E-state index contributed by atoms with van der Waals surface area (Å²) in [6.45, 7) is 1.36. The zero-order chi connectivity index (χ0) is 21.7. The SMILES string of the molecule is CC(OC(=O)C=Cc1ccc2ccccc2n1)C(=O)Nc1ccc(C(F)(F)F)cc1. The number of esters is 1. The van der Waals surface area contributed by atoms with Crippen molar-refractivity contribution in [3.8, 4) is 0 Å². The number of carbonyl (C=O) groups excluding carboxylic acids is 2. The van der Waals surface area contributed by atoms with Crippen LogP contribution in [0.15, 0.2) is 66.7 Å². The molecule has 0 fully saturated rings. The van der Waals surface area contributed by atoms with E-state index in [2.05, 4.69) is 10.3 Å². The van der Waals surface area contributed by atoms with Crippen LogP contribution in [0.3, 0.4) is 0 Å². The Balaban J connectivity index is 1.56. The summed E-state index contributed by atoms with van der Waals surface area (Å²) in [5, 5.41) is 3.36. The Labute approximate surface area is 170 Å². The van der Waals surface area contributed by atoms with E-state index in [1.54, 1.807) is 6.07 Å². The van der Waals surface area contributed by atoms with Gasteiger partial charge in [-0.15, -0.1) is 0 Å². The Kier molecular flexibility index (Phi) is 6.15. The Hall–Kier alpha value is -3.68. The van der Waals surface area contributed by atoms with Gasteiger partial charge in [0.05, 0.1) is 16.8 Å². The van der Waals surface area contributed by atoms with Crippen molar-refractivity contribution in [2.75, 3.05) is 5.32 Å². The summed E-state index contributed by atoms with van der Waals surface area (Å²) < 4.78 is 42.7. The van der Waals surface area contributed by atoms with Crippen LogP contribution in [-0.2, 0) is 20.5 Å². The molecule has 1 heterocycles. The molecule has 5 nitrogen and oxygen atoms in total. The van der Waals surface area contributed by atoms with Crippen LogP contribution in [0.4, 0.5) is 18.9 Å². The number of pyridine rings is 1. The number of benzene rings is 2. The van der Waals surface area contributed by atoms with Crippen LogP contribution in [0.25, 0.3) is 17.0 Å². The molecule has 0 aliphatic carbocycles. The monoisotopic (exact) mass is 414 g/mol. The normalized spacial score (nSPS) is 12.7. The average molecular weight is 414 g/mol. The fourth-order valence-electron chi connectivity index (χ4n) is 2.58. The number of hydrogen-bond donors (Lipinski definition) is 1. The summed E-state index contributed by atoms with van der Waals surface area (Å²) in [7, 11) is 0. The Morgan fingerprint density at radius 1 is 1.03 bits per heavy atom. The molecule has 0 spiro atoms. The molecule has 0 bridgehead atoms.